The third-order valence-corrected chi connectivity index (χ3v) is 3.99. The molecule has 0 radical (unpaired) electrons. The molecule has 1 heterocycles. The molecule has 3 amide bonds. The molecule has 13 heteroatoms. The first kappa shape index (κ1) is 24.5. The summed E-state index contributed by atoms with van der Waals surface area (Å²) in [4.78, 5) is 34.9. The fourth-order valence-corrected chi connectivity index (χ4v) is 2.37. The number of halogens is 3. The molecule has 0 aliphatic carbocycles. The number of rotatable bonds is 8. The van der Waals surface area contributed by atoms with Gasteiger partial charge in [0.25, 0.3) is 5.91 Å². The Bertz CT molecular complexity index is 970. The molecule has 2 aromatic rings. The normalized spacial score (nSPS) is 10.9. The minimum absolute atomic E-state index is 0.0147. The Hall–Kier alpha value is -3.77. The summed E-state index contributed by atoms with van der Waals surface area (Å²) < 4.78 is 56.8. The van der Waals surface area contributed by atoms with Crippen LogP contribution >= 0.6 is 0 Å². The molecule has 0 spiro atoms. The Morgan fingerprint density at radius 2 is 1.88 bits per heavy atom. The van der Waals surface area contributed by atoms with Gasteiger partial charge >= 0.3 is 18.2 Å². The summed E-state index contributed by atoms with van der Waals surface area (Å²) >= 11 is 0. The van der Waals surface area contributed by atoms with Crippen molar-refractivity contribution < 1.29 is 46.3 Å². The molecule has 0 saturated heterocycles. The largest absolute Gasteiger partial charge is 0.493 e. The molecule has 0 aliphatic rings. The first-order valence-electron chi connectivity index (χ1n) is 9.04. The molecule has 2 N–H and O–H groups in total. The molecule has 0 atom stereocenters. The van der Waals surface area contributed by atoms with Gasteiger partial charge in [-0.1, -0.05) is 5.16 Å². The number of alkyl halides is 3. The number of aromatic nitrogens is 1. The number of benzene rings is 1. The molecular weight excluding hydrogens is 439 g/mol. The number of methoxy groups -OCH3 is 1. The van der Waals surface area contributed by atoms with Crippen LogP contribution in [-0.4, -0.2) is 49.5 Å². The lowest BCUT2D eigenvalue weighted by atomic mass is 10.2. The molecular formula is C19H20F3N3O7. The average Bonchev–Trinajstić information content (AvgIpc) is 3.05. The van der Waals surface area contributed by atoms with E-state index in [1.807, 2.05) is 0 Å². The predicted octanol–water partition coefficient (Wildman–Crippen LogP) is 2.42. The van der Waals surface area contributed by atoms with E-state index in [0.29, 0.717) is 17.2 Å². The Kier molecular flexibility index (Phi) is 8.04. The smallest absolute Gasteiger partial charge is 0.405 e. The van der Waals surface area contributed by atoms with Crippen LogP contribution in [0.25, 0.3) is 0 Å². The van der Waals surface area contributed by atoms with Crippen molar-refractivity contribution in [2.24, 2.45) is 0 Å². The van der Waals surface area contributed by atoms with Gasteiger partial charge in [-0.05, 0) is 32.0 Å². The standard InChI is InChI=1S/C19H20F3N3O7/c1-10-13(11(2)32-25-10)7-30-14-5-4-12(6-15(14)29-3)17(27)31-8-16(26)24-18(28)23-9-19(20,21)22/h4-6H,7-9H2,1-3H3,(H2,23,24,26,28). The maximum Gasteiger partial charge on any atom is 0.405 e. The number of carbonyl (C=O) groups is 3. The molecule has 10 nitrogen and oxygen atoms in total. The molecule has 0 aliphatic heterocycles. The molecule has 0 bridgehead atoms. The van der Waals surface area contributed by atoms with Crippen molar-refractivity contribution in [2.45, 2.75) is 26.6 Å². The summed E-state index contributed by atoms with van der Waals surface area (Å²) in [6.07, 6.45) is -4.63. The number of imide groups is 1. The van der Waals surface area contributed by atoms with Crippen LogP contribution in [0.1, 0.15) is 27.4 Å². The molecule has 1 aromatic heterocycles. The number of hydrogen-bond acceptors (Lipinski definition) is 8. The zero-order chi connectivity index (χ0) is 23.9. The van der Waals surface area contributed by atoms with Crippen LogP contribution in [0.15, 0.2) is 22.7 Å². The lowest BCUT2D eigenvalue weighted by Crippen LogP contribution is -2.44. The molecule has 1 aromatic carbocycles. The highest BCUT2D eigenvalue weighted by atomic mass is 19.4. The minimum atomic E-state index is -4.63. The van der Waals surface area contributed by atoms with Crippen molar-refractivity contribution in [3.63, 3.8) is 0 Å². The second kappa shape index (κ2) is 10.5. The number of urea groups is 1. The quantitative estimate of drug-likeness (QED) is 0.576. The Morgan fingerprint density at radius 1 is 1.16 bits per heavy atom. The maximum absolute atomic E-state index is 12.1. The maximum atomic E-state index is 12.1. The lowest BCUT2D eigenvalue weighted by molar-refractivity contribution is -0.125. The van der Waals surface area contributed by atoms with Gasteiger partial charge in [-0.15, -0.1) is 0 Å². The van der Waals surface area contributed by atoms with Crippen LogP contribution in [0.2, 0.25) is 0 Å². The van der Waals surface area contributed by atoms with Gasteiger partial charge in [0, 0.05) is 0 Å². The average molecular weight is 459 g/mol. The van der Waals surface area contributed by atoms with Crippen molar-refractivity contribution in [2.75, 3.05) is 20.3 Å². The van der Waals surface area contributed by atoms with Gasteiger partial charge in [0.15, 0.2) is 18.1 Å². The molecule has 32 heavy (non-hydrogen) atoms. The Morgan fingerprint density at radius 3 is 2.47 bits per heavy atom. The third-order valence-electron chi connectivity index (χ3n) is 3.99. The van der Waals surface area contributed by atoms with E-state index in [1.165, 1.54) is 30.6 Å². The van der Waals surface area contributed by atoms with Gasteiger partial charge in [-0.25, -0.2) is 9.59 Å². The van der Waals surface area contributed by atoms with E-state index in [1.54, 1.807) is 19.2 Å². The number of aryl methyl sites for hydroxylation is 2. The fraction of sp³-hybridized carbons (Fsp3) is 0.368. The highest BCUT2D eigenvalue weighted by Gasteiger charge is 2.28. The number of nitrogens with zero attached hydrogens (tertiary/aromatic N) is 1. The highest BCUT2D eigenvalue weighted by Crippen LogP contribution is 2.29. The lowest BCUT2D eigenvalue weighted by Gasteiger charge is -2.12. The summed E-state index contributed by atoms with van der Waals surface area (Å²) in [6.45, 7) is 1.16. The van der Waals surface area contributed by atoms with Crippen molar-refractivity contribution >= 4 is 17.9 Å². The highest BCUT2D eigenvalue weighted by molar-refractivity contribution is 5.97. The molecule has 0 fully saturated rings. The summed E-state index contributed by atoms with van der Waals surface area (Å²) in [6, 6.07) is 2.77. The van der Waals surface area contributed by atoms with E-state index >= 15 is 0 Å². The monoisotopic (exact) mass is 459 g/mol. The summed E-state index contributed by atoms with van der Waals surface area (Å²) in [5.74, 6) is -0.895. The SMILES string of the molecule is COc1cc(C(=O)OCC(=O)NC(=O)NCC(F)(F)F)ccc1OCc1c(C)noc1C. The Labute approximate surface area is 180 Å². The summed E-state index contributed by atoms with van der Waals surface area (Å²) in [5, 5.41) is 6.88. The summed E-state index contributed by atoms with van der Waals surface area (Å²) in [5.41, 5.74) is 1.45. The third kappa shape index (κ3) is 7.18. The second-order valence-electron chi connectivity index (χ2n) is 6.38. The van der Waals surface area contributed by atoms with Crippen LogP contribution in [0.5, 0.6) is 11.5 Å². The number of amides is 3. The van der Waals surface area contributed by atoms with Crippen molar-refractivity contribution in [1.82, 2.24) is 15.8 Å². The van der Waals surface area contributed by atoms with Crippen LogP contribution < -0.4 is 20.1 Å². The van der Waals surface area contributed by atoms with E-state index in [9.17, 15) is 27.6 Å². The van der Waals surface area contributed by atoms with Gasteiger partial charge in [0.05, 0.1) is 23.9 Å². The zero-order valence-corrected chi connectivity index (χ0v) is 17.3. The fourth-order valence-electron chi connectivity index (χ4n) is 2.37. The number of hydrogen-bond donors (Lipinski definition) is 2. The number of ether oxygens (including phenoxy) is 3. The zero-order valence-electron chi connectivity index (χ0n) is 17.3. The second-order valence-corrected chi connectivity index (χ2v) is 6.38. The molecule has 0 saturated carbocycles. The first-order chi connectivity index (χ1) is 15.0. The van der Waals surface area contributed by atoms with Gasteiger partial charge in [-0.2, -0.15) is 13.2 Å². The molecule has 174 valence electrons. The minimum Gasteiger partial charge on any atom is -0.493 e. The number of carbonyl (C=O) groups excluding carboxylic acids is 3. The number of esters is 1. The van der Waals surface area contributed by atoms with Crippen LogP contribution in [0, 0.1) is 13.8 Å². The summed E-state index contributed by atoms with van der Waals surface area (Å²) in [7, 11) is 1.36. The Balaban J connectivity index is 1.90. The van der Waals surface area contributed by atoms with Crippen LogP contribution in [-0.2, 0) is 16.1 Å². The number of nitrogens with one attached hydrogen (secondary N) is 2. The van der Waals surface area contributed by atoms with E-state index in [2.05, 4.69) is 5.16 Å². The first-order valence-corrected chi connectivity index (χ1v) is 9.04. The van der Waals surface area contributed by atoms with Gasteiger partial charge < -0.3 is 24.1 Å². The van der Waals surface area contributed by atoms with Crippen LogP contribution in [0.3, 0.4) is 0 Å². The van der Waals surface area contributed by atoms with E-state index in [4.69, 9.17) is 18.7 Å². The van der Waals surface area contributed by atoms with E-state index in [0.717, 1.165) is 5.56 Å². The van der Waals surface area contributed by atoms with Gasteiger partial charge in [0.1, 0.15) is 18.9 Å². The van der Waals surface area contributed by atoms with E-state index in [-0.39, 0.29) is 17.9 Å². The van der Waals surface area contributed by atoms with E-state index < -0.39 is 37.2 Å². The molecule has 0 unspecified atom stereocenters. The topological polar surface area (TPSA) is 129 Å². The van der Waals surface area contributed by atoms with Crippen molar-refractivity contribution in [3.05, 3.63) is 40.8 Å². The van der Waals surface area contributed by atoms with Gasteiger partial charge in [0.2, 0.25) is 0 Å². The van der Waals surface area contributed by atoms with Crippen molar-refractivity contribution in [3.8, 4) is 11.5 Å². The molecule has 2 rings (SSSR count). The predicted molar refractivity (Wildman–Crippen MR) is 101 cm³/mol. The van der Waals surface area contributed by atoms with Crippen LogP contribution in [0.4, 0.5) is 18.0 Å². The van der Waals surface area contributed by atoms with Gasteiger partial charge in [-0.3, -0.25) is 10.1 Å². The van der Waals surface area contributed by atoms with Crippen molar-refractivity contribution in [1.29, 1.82) is 0 Å².